The van der Waals surface area contributed by atoms with Crippen molar-refractivity contribution in [2.45, 2.75) is 32.9 Å². The summed E-state index contributed by atoms with van der Waals surface area (Å²) in [5.41, 5.74) is 9.35. The molecule has 34 heavy (non-hydrogen) atoms. The van der Waals surface area contributed by atoms with E-state index in [0.29, 0.717) is 40.2 Å². The number of fused-ring (bicyclic) bond motifs is 1. The molecule has 0 aliphatic heterocycles. The minimum absolute atomic E-state index is 0.0424. The molecule has 0 fully saturated rings. The number of hydrogen-bond donors (Lipinski definition) is 3. The van der Waals surface area contributed by atoms with Crippen LogP contribution in [-0.4, -0.2) is 27.8 Å². The highest BCUT2D eigenvalue weighted by Crippen LogP contribution is 2.35. The number of carboxylic acids is 1. The van der Waals surface area contributed by atoms with Gasteiger partial charge in [0.25, 0.3) is 0 Å². The Bertz CT molecular complexity index is 1350. The molecule has 8 heteroatoms. The average molecular weight is 464 g/mol. The summed E-state index contributed by atoms with van der Waals surface area (Å²) >= 11 is 0. The van der Waals surface area contributed by atoms with Gasteiger partial charge in [0.1, 0.15) is 23.7 Å². The van der Waals surface area contributed by atoms with Gasteiger partial charge in [0, 0.05) is 41.2 Å². The molecule has 0 spiro atoms. The van der Waals surface area contributed by atoms with E-state index in [0.717, 1.165) is 16.5 Å². The van der Waals surface area contributed by atoms with E-state index >= 15 is 4.39 Å². The molecular formula is C26H25FN2O5. The van der Waals surface area contributed by atoms with E-state index < -0.39 is 11.8 Å². The number of aromatic nitrogens is 1. The van der Waals surface area contributed by atoms with E-state index in [-0.39, 0.29) is 31.9 Å². The number of aliphatic hydroxyl groups excluding tert-OH is 1. The van der Waals surface area contributed by atoms with Crippen molar-refractivity contribution in [2.75, 3.05) is 6.61 Å². The summed E-state index contributed by atoms with van der Waals surface area (Å²) < 4.78 is 27.1. The maximum absolute atomic E-state index is 15.1. The fourth-order valence-corrected chi connectivity index (χ4v) is 3.89. The quantitative estimate of drug-likeness (QED) is 0.341. The average Bonchev–Trinajstić information content (AvgIpc) is 3.21. The summed E-state index contributed by atoms with van der Waals surface area (Å²) in [5, 5.41) is 19.3. The number of aryl methyl sites for hydroxylation is 1. The molecule has 0 atom stereocenters. The summed E-state index contributed by atoms with van der Waals surface area (Å²) in [6, 6.07) is 12.4. The first-order chi connectivity index (χ1) is 16.4. The van der Waals surface area contributed by atoms with E-state index in [1.54, 1.807) is 24.3 Å². The predicted octanol–water partition coefficient (Wildman–Crippen LogP) is 4.14. The Balaban J connectivity index is 1.76. The van der Waals surface area contributed by atoms with Gasteiger partial charge in [-0.2, -0.15) is 0 Å². The van der Waals surface area contributed by atoms with Crippen LogP contribution in [0.25, 0.3) is 22.1 Å². The third-order valence-corrected chi connectivity index (χ3v) is 5.49. The van der Waals surface area contributed by atoms with E-state index in [1.807, 2.05) is 25.1 Å². The molecule has 0 bridgehead atoms. The third kappa shape index (κ3) is 4.93. The normalized spacial score (nSPS) is 11.2. The van der Waals surface area contributed by atoms with Crippen LogP contribution in [0.5, 0.6) is 5.75 Å². The highest BCUT2D eigenvalue weighted by atomic mass is 19.1. The van der Waals surface area contributed by atoms with Crippen LogP contribution in [0.2, 0.25) is 0 Å². The molecule has 0 saturated heterocycles. The summed E-state index contributed by atoms with van der Waals surface area (Å²) in [6.07, 6.45) is 1.67. The number of nitrogens with two attached hydrogens (primary N) is 1. The van der Waals surface area contributed by atoms with Gasteiger partial charge in [-0.05, 0) is 48.4 Å². The fourth-order valence-electron chi connectivity index (χ4n) is 3.89. The van der Waals surface area contributed by atoms with Gasteiger partial charge in [-0.1, -0.05) is 12.1 Å². The summed E-state index contributed by atoms with van der Waals surface area (Å²) in [5.74, 6) is -0.409. The van der Waals surface area contributed by atoms with Crippen LogP contribution in [0.1, 0.15) is 28.1 Å². The van der Waals surface area contributed by atoms with Crippen molar-refractivity contribution in [3.63, 3.8) is 0 Å². The lowest BCUT2D eigenvalue weighted by atomic mass is 10.00. The minimum Gasteiger partial charge on any atom is -0.489 e. The number of halogens is 1. The monoisotopic (exact) mass is 464 g/mol. The summed E-state index contributed by atoms with van der Waals surface area (Å²) in [7, 11) is 0. The molecule has 0 aliphatic carbocycles. The number of ether oxygens (including phenoxy) is 1. The Kier molecular flexibility index (Phi) is 6.90. The van der Waals surface area contributed by atoms with Gasteiger partial charge < -0.3 is 25.1 Å². The van der Waals surface area contributed by atoms with Gasteiger partial charge in [0.05, 0.1) is 18.7 Å². The first kappa shape index (κ1) is 23.4. The molecule has 2 heterocycles. The summed E-state index contributed by atoms with van der Waals surface area (Å²) in [6.45, 7) is 1.91. The number of carboxylic acid groups (broad SMARTS) is 1. The lowest BCUT2D eigenvalue weighted by Gasteiger charge is -2.13. The molecule has 2 aromatic carbocycles. The van der Waals surface area contributed by atoms with Crippen molar-refractivity contribution >= 4 is 16.9 Å². The Labute approximate surface area is 195 Å². The highest BCUT2D eigenvalue weighted by Gasteiger charge is 2.18. The van der Waals surface area contributed by atoms with E-state index in [2.05, 4.69) is 4.98 Å². The molecular weight excluding hydrogens is 439 g/mol. The van der Waals surface area contributed by atoms with Crippen LogP contribution < -0.4 is 10.5 Å². The Morgan fingerprint density at radius 3 is 2.74 bits per heavy atom. The molecule has 2 aromatic heterocycles. The number of aliphatic carboxylic acids is 1. The van der Waals surface area contributed by atoms with Crippen molar-refractivity contribution in [2.24, 2.45) is 5.73 Å². The molecule has 176 valence electrons. The molecule has 0 unspecified atom stereocenters. The molecule has 0 amide bonds. The highest BCUT2D eigenvalue weighted by molar-refractivity contribution is 5.93. The number of hydrogen-bond acceptors (Lipinski definition) is 6. The Morgan fingerprint density at radius 1 is 1.18 bits per heavy atom. The van der Waals surface area contributed by atoms with E-state index in [9.17, 15) is 15.0 Å². The largest absolute Gasteiger partial charge is 0.489 e. The predicted molar refractivity (Wildman–Crippen MR) is 125 cm³/mol. The van der Waals surface area contributed by atoms with Crippen LogP contribution >= 0.6 is 0 Å². The maximum atomic E-state index is 15.1. The molecule has 0 saturated carbocycles. The van der Waals surface area contributed by atoms with Gasteiger partial charge in [-0.25, -0.2) is 4.39 Å². The molecule has 4 rings (SSSR count). The van der Waals surface area contributed by atoms with Crippen molar-refractivity contribution in [3.05, 3.63) is 82.6 Å². The zero-order chi connectivity index (χ0) is 24.2. The summed E-state index contributed by atoms with van der Waals surface area (Å²) in [4.78, 5) is 15.2. The topological polar surface area (TPSA) is 119 Å². The van der Waals surface area contributed by atoms with Crippen LogP contribution in [-0.2, 0) is 30.8 Å². The molecule has 7 nitrogen and oxygen atoms in total. The van der Waals surface area contributed by atoms with Gasteiger partial charge in [-0.15, -0.1) is 0 Å². The number of pyridine rings is 1. The first-order valence-corrected chi connectivity index (χ1v) is 10.8. The van der Waals surface area contributed by atoms with Crippen LogP contribution in [0.3, 0.4) is 0 Å². The zero-order valence-corrected chi connectivity index (χ0v) is 18.7. The van der Waals surface area contributed by atoms with Crippen molar-refractivity contribution in [3.8, 4) is 16.9 Å². The fraction of sp³-hybridized carbons (Fsp3) is 0.231. The number of aliphatic hydroxyl groups is 1. The van der Waals surface area contributed by atoms with Gasteiger partial charge in [0.15, 0.2) is 5.82 Å². The standard InChI is InChI=1S/C26H25FN2O5/c1-15-2-3-17(12-24(31)32)23(8-15)33-14-16-9-18-11-19(5-7-30)34-26(18)21(10-16)20-4-6-29-22(13-28)25(20)27/h2-4,6,8-11,30H,5,7,12-14,28H2,1H3,(H,31,32). The van der Waals surface area contributed by atoms with Gasteiger partial charge in [0.2, 0.25) is 0 Å². The zero-order valence-electron chi connectivity index (χ0n) is 18.7. The molecule has 4 aromatic rings. The molecule has 0 radical (unpaired) electrons. The lowest BCUT2D eigenvalue weighted by Crippen LogP contribution is -2.05. The second-order valence-corrected chi connectivity index (χ2v) is 8.04. The minimum atomic E-state index is -0.948. The van der Waals surface area contributed by atoms with Crippen molar-refractivity contribution < 1.29 is 28.6 Å². The van der Waals surface area contributed by atoms with Gasteiger partial charge in [-0.3, -0.25) is 9.78 Å². The Morgan fingerprint density at radius 2 is 2.00 bits per heavy atom. The Hall–Kier alpha value is -3.75. The lowest BCUT2D eigenvalue weighted by molar-refractivity contribution is -0.136. The van der Waals surface area contributed by atoms with Crippen LogP contribution in [0, 0.1) is 12.7 Å². The van der Waals surface area contributed by atoms with Crippen LogP contribution in [0.15, 0.2) is 53.1 Å². The third-order valence-electron chi connectivity index (χ3n) is 5.49. The molecule has 0 aliphatic rings. The van der Waals surface area contributed by atoms with E-state index in [4.69, 9.17) is 14.9 Å². The molecule has 4 N–H and O–H groups in total. The number of carbonyl (C=O) groups is 1. The second kappa shape index (κ2) is 10.0. The number of nitrogens with zero attached hydrogens (tertiary/aromatic N) is 1. The number of furan rings is 1. The first-order valence-electron chi connectivity index (χ1n) is 10.8. The van der Waals surface area contributed by atoms with Gasteiger partial charge >= 0.3 is 5.97 Å². The number of benzene rings is 2. The maximum Gasteiger partial charge on any atom is 0.307 e. The van der Waals surface area contributed by atoms with E-state index in [1.165, 1.54) is 6.20 Å². The smallest absolute Gasteiger partial charge is 0.307 e. The second-order valence-electron chi connectivity index (χ2n) is 8.04. The SMILES string of the molecule is Cc1ccc(CC(=O)O)c(OCc2cc(-c3ccnc(CN)c3F)c3oc(CCO)cc3c2)c1. The van der Waals surface area contributed by atoms with Crippen molar-refractivity contribution in [1.29, 1.82) is 0 Å². The van der Waals surface area contributed by atoms with Crippen LogP contribution in [0.4, 0.5) is 4.39 Å². The number of rotatable bonds is 9. The van der Waals surface area contributed by atoms with Crippen molar-refractivity contribution in [1.82, 2.24) is 4.98 Å².